The zero-order chi connectivity index (χ0) is 20.4. The Bertz CT molecular complexity index is 831. The third kappa shape index (κ3) is 4.14. The van der Waals surface area contributed by atoms with E-state index in [1.807, 2.05) is 18.2 Å². The average Bonchev–Trinajstić information content (AvgIpc) is 3.21. The summed E-state index contributed by atoms with van der Waals surface area (Å²) in [6.45, 7) is 2.54. The molecule has 0 amide bonds. The van der Waals surface area contributed by atoms with Gasteiger partial charge in [-0.3, -0.25) is 4.90 Å². The van der Waals surface area contributed by atoms with Crippen molar-refractivity contribution >= 4 is 5.95 Å². The second-order valence-corrected chi connectivity index (χ2v) is 7.73. The lowest BCUT2D eigenvalue weighted by atomic mass is 9.86. The van der Waals surface area contributed by atoms with Gasteiger partial charge in [-0.15, -0.1) is 0 Å². The Kier molecular flexibility index (Phi) is 5.84. The van der Waals surface area contributed by atoms with Crippen molar-refractivity contribution < 1.29 is 18.3 Å². The molecule has 158 valence electrons. The Morgan fingerprint density at radius 2 is 2.14 bits per heavy atom. The molecule has 1 aromatic carbocycles. The minimum absolute atomic E-state index is 0.0410. The molecular formula is C20H27F2N5O2. The molecule has 0 aliphatic carbocycles. The van der Waals surface area contributed by atoms with Crippen molar-refractivity contribution in [3.05, 3.63) is 30.1 Å². The van der Waals surface area contributed by atoms with E-state index in [-0.39, 0.29) is 12.0 Å². The van der Waals surface area contributed by atoms with Crippen LogP contribution >= 0.6 is 0 Å². The highest BCUT2D eigenvalue weighted by atomic mass is 19.3. The number of likely N-dealkylation sites (tertiary alicyclic amines) is 1. The van der Waals surface area contributed by atoms with Crippen molar-refractivity contribution in [3.63, 3.8) is 0 Å². The van der Waals surface area contributed by atoms with E-state index in [4.69, 9.17) is 9.47 Å². The number of anilines is 1. The predicted octanol–water partition coefficient (Wildman–Crippen LogP) is 3.20. The molecule has 0 saturated carbocycles. The third-order valence-electron chi connectivity index (χ3n) is 5.98. The van der Waals surface area contributed by atoms with Crippen LogP contribution in [0.15, 0.2) is 24.5 Å². The van der Waals surface area contributed by atoms with Gasteiger partial charge in [-0.2, -0.15) is 10.1 Å². The maximum absolute atomic E-state index is 13.6. The number of aromatic nitrogens is 3. The van der Waals surface area contributed by atoms with Crippen molar-refractivity contribution in [2.75, 3.05) is 32.6 Å². The van der Waals surface area contributed by atoms with Crippen LogP contribution in [0.5, 0.6) is 11.5 Å². The number of methoxy groups -OCH3 is 2. The Labute approximate surface area is 169 Å². The molecule has 2 aliphatic heterocycles. The van der Waals surface area contributed by atoms with Gasteiger partial charge in [-0.25, -0.2) is 13.5 Å². The predicted molar refractivity (Wildman–Crippen MR) is 105 cm³/mol. The number of halogens is 2. The van der Waals surface area contributed by atoms with E-state index < -0.39 is 12.5 Å². The van der Waals surface area contributed by atoms with E-state index in [2.05, 4.69) is 20.3 Å². The fourth-order valence-electron chi connectivity index (χ4n) is 4.51. The minimum atomic E-state index is -2.46. The molecule has 29 heavy (non-hydrogen) atoms. The largest absolute Gasteiger partial charge is 0.497 e. The van der Waals surface area contributed by atoms with Crippen molar-refractivity contribution in [1.29, 1.82) is 0 Å². The molecule has 1 N–H and O–H groups in total. The second-order valence-electron chi connectivity index (χ2n) is 7.73. The number of nitrogens with zero attached hydrogens (tertiary/aromatic N) is 4. The molecule has 0 radical (unpaired) electrons. The van der Waals surface area contributed by atoms with Gasteiger partial charge in [0.2, 0.25) is 5.95 Å². The average molecular weight is 407 g/mol. The smallest absolute Gasteiger partial charge is 0.260 e. The number of fused-ring (bicyclic) bond motifs is 1. The molecule has 1 unspecified atom stereocenters. The Morgan fingerprint density at radius 3 is 2.90 bits per heavy atom. The lowest BCUT2D eigenvalue weighted by Crippen LogP contribution is -2.46. The van der Waals surface area contributed by atoms with E-state index in [1.165, 1.54) is 11.0 Å². The standard InChI is InChI=1S/C20H27F2N5O2/c1-28-15-5-6-18(29-2)14(8-15)11-26-7-3-4-13(10-26)16-9-17(19(21)22)27-20(25-16)23-12-24-27/h5-6,8,12-13,16-17,19H,3-4,7,9-11H2,1-2H3,(H,23,24,25)/t13?,16-,17+/m0/s1. The first-order chi connectivity index (χ1) is 14.1. The fraction of sp³-hybridized carbons (Fsp3) is 0.600. The van der Waals surface area contributed by atoms with Crippen LogP contribution < -0.4 is 14.8 Å². The van der Waals surface area contributed by atoms with Crippen LogP contribution in [0.2, 0.25) is 0 Å². The minimum Gasteiger partial charge on any atom is -0.497 e. The van der Waals surface area contributed by atoms with Gasteiger partial charge in [0.05, 0.1) is 14.2 Å². The molecule has 2 aliphatic rings. The molecule has 2 aromatic rings. The van der Waals surface area contributed by atoms with Crippen LogP contribution in [0, 0.1) is 5.92 Å². The van der Waals surface area contributed by atoms with Gasteiger partial charge in [0.1, 0.15) is 23.9 Å². The van der Waals surface area contributed by atoms with Crippen LogP contribution in [0.25, 0.3) is 0 Å². The first kappa shape index (κ1) is 19.9. The van der Waals surface area contributed by atoms with Crippen molar-refractivity contribution in [1.82, 2.24) is 19.7 Å². The van der Waals surface area contributed by atoms with Crippen LogP contribution in [-0.4, -0.2) is 59.4 Å². The summed E-state index contributed by atoms with van der Waals surface area (Å²) in [6, 6.07) is 4.83. The number of piperidine rings is 1. The number of alkyl halides is 2. The Morgan fingerprint density at radius 1 is 1.28 bits per heavy atom. The highest BCUT2D eigenvalue weighted by molar-refractivity contribution is 5.40. The second kappa shape index (κ2) is 8.52. The lowest BCUT2D eigenvalue weighted by Gasteiger charge is -2.40. The zero-order valence-corrected chi connectivity index (χ0v) is 16.7. The molecule has 1 saturated heterocycles. The first-order valence-electron chi connectivity index (χ1n) is 9.96. The van der Waals surface area contributed by atoms with E-state index in [1.54, 1.807) is 14.2 Å². The highest BCUT2D eigenvalue weighted by Crippen LogP contribution is 2.35. The molecule has 3 atom stereocenters. The number of nitrogens with one attached hydrogen (secondary N) is 1. The molecular weight excluding hydrogens is 380 g/mol. The number of hydrogen-bond donors (Lipinski definition) is 1. The van der Waals surface area contributed by atoms with Gasteiger partial charge in [0.25, 0.3) is 6.43 Å². The van der Waals surface area contributed by atoms with E-state index >= 15 is 0 Å². The topological polar surface area (TPSA) is 64.4 Å². The van der Waals surface area contributed by atoms with Crippen molar-refractivity contribution in [2.45, 2.75) is 44.3 Å². The summed E-state index contributed by atoms with van der Waals surface area (Å²) in [7, 11) is 3.31. The van der Waals surface area contributed by atoms with Gasteiger partial charge >= 0.3 is 0 Å². The van der Waals surface area contributed by atoms with E-state index in [9.17, 15) is 8.78 Å². The molecule has 0 spiro atoms. The normalized spacial score (nSPS) is 24.8. The Balaban J connectivity index is 1.47. The van der Waals surface area contributed by atoms with Gasteiger partial charge in [-0.05, 0) is 49.9 Å². The van der Waals surface area contributed by atoms with Crippen LogP contribution in [0.4, 0.5) is 14.7 Å². The van der Waals surface area contributed by atoms with Gasteiger partial charge in [0, 0.05) is 24.7 Å². The quantitative estimate of drug-likeness (QED) is 0.794. The van der Waals surface area contributed by atoms with Crippen LogP contribution in [-0.2, 0) is 6.54 Å². The summed E-state index contributed by atoms with van der Waals surface area (Å²) in [4.78, 5) is 6.49. The SMILES string of the molecule is COc1ccc(OC)c(CN2CCCC([C@@H]3C[C@H](C(F)F)n4ncnc4N3)C2)c1. The summed E-state index contributed by atoms with van der Waals surface area (Å²) in [5.41, 5.74) is 1.06. The molecule has 4 rings (SSSR count). The van der Waals surface area contributed by atoms with Gasteiger partial charge < -0.3 is 14.8 Å². The summed E-state index contributed by atoms with van der Waals surface area (Å²) >= 11 is 0. The summed E-state index contributed by atoms with van der Waals surface area (Å²) in [5, 5.41) is 7.31. The summed E-state index contributed by atoms with van der Waals surface area (Å²) in [5.74, 6) is 2.34. The van der Waals surface area contributed by atoms with Gasteiger partial charge in [-0.1, -0.05) is 0 Å². The zero-order valence-electron chi connectivity index (χ0n) is 16.7. The van der Waals surface area contributed by atoms with E-state index in [0.717, 1.165) is 49.5 Å². The fourth-order valence-corrected chi connectivity index (χ4v) is 4.51. The first-order valence-corrected chi connectivity index (χ1v) is 9.96. The molecule has 9 heteroatoms. The molecule has 1 fully saturated rings. The number of benzene rings is 1. The Hall–Kier alpha value is -2.42. The number of rotatable bonds is 6. The molecule has 1 aromatic heterocycles. The van der Waals surface area contributed by atoms with E-state index in [0.29, 0.717) is 12.4 Å². The molecule has 0 bridgehead atoms. The van der Waals surface area contributed by atoms with Crippen LogP contribution in [0.1, 0.15) is 30.9 Å². The monoisotopic (exact) mass is 407 g/mol. The van der Waals surface area contributed by atoms with Crippen molar-refractivity contribution in [2.24, 2.45) is 5.92 Å². The number of ether oxygens (including phenoxy) is 2. The maximum atomic E-state index is 13.6. The highest BCUT2D eigenvalue weighted by Gasteiger charge is 2.38. The maximum Gasteiger partial charge on any atom is 0.260 e. The molecule has 3 heterocycles. The number of hydrogen-bond acceptors (Lipinski definition) is 6. The lowest BCUT2D eigenvalue weighted by molar-refractivity contribution is 0.0550. The summed E-state index contributed by atoms with van der Waals surface area (Å²) < 4.78 is 39.3. The van der Waals surface area contributed by atoms with Crippen LogP contribution in [0.3, 0.4) is 0 Å². The van der Waals surface area contributed by atoms with Crippen molar-refractivity contribution in [3.8, 4) is 11.5 Å². The van der Waals surface area contributed by atoms with Gasteiger partial charge in [0.15, 0.2) is 0 Å². The molecule has 7 nitrogen and oxygen atoms in total. The summed E-state index contributed by atoms with van der Waals surface area (Å²) in [6.07, 6.45) is 1.27. The third-order valence-corrected chi connectivity index (χ3v) is 5.98.